The first-order valence-corrected chi connectivity index (χ1v) is 3.37. The largest absolute Gasteiger partial charge is 0.417 e. The standard InChI is InChI=1S/C6H8F3NO.ClH/c7-6(8,9)5-1-4(10,2-5)3-11-5;/h1-3,10H2;1H. The number of alkyl halides is 3. The van der Waals surface area contributed by atoms with Gasteiger partial charge in [-0.15, -0.1) is 12.4 Å². The summed E-state index contributed by atoms with van der Waals surface area (Å²) in [5.74, 6) is 0. The SMILES string of the molecule is Cl.NC12COC(C(F)(F)F)(C1)C2. The van der Waals surface area contributed by atoms with E-state index in [1.54, 1.807) is 0 Å². The Balaban J connectivity index is 0.000000720. The van der Waals surface area contributed by atoms with Gasteiger partial charge in [-0.05, 0) is 0 Å². The smallest absolute Gasteiger partial charge is 0.363 e. The van der Waals surface area contributed by atoms with Crippen molar-refractivity contribution in [2.45, 2.75) is 30.2 Å². The van der Waals surface area contributed by atoms with Gasteiger partial charge >= 0.3 is 6.18 Å². The van der Waals surface area contributed by atoms with Crippen LogP contribution in [0.4, 0.5) is 13.2 Å². The van der Waals surface area contributed by atoms with Crippen LogP contribution in [0.2, 0.25) is 0 Å². The van der Waals surface area contributed by atoms with Gasteiger partial charge in [0, 0.05) is 18.4 Å². The lowest BCUT2D eigenvalue weighted by molar-refractivity contribution is -0.272. The van der Waals surface area contributed by atoms with Crippen LogP contribution in [0.1, 0.15) is 12.8 Å². The molecule has 3 aliphatic rings. The average molecular weight is 204 g/mol. The molecular formula is C6H9ClF3NO. The second kappa shape index (κ2) is 2.27. The summed E-state index contributed by atoms with van der Waals surface area (Å²) in [7, 11) is 0. The van der Waals surface area contributed by atoms with Crippen LogP contribution in [0, 0.1) is 0 Å². The Morgan fingerprint density at radius 1 is 1.25 bits per heavy atom. The summed E-state index contributed by atoms with van der Waals surface area (Å²) in [5.41, 5.74) is 2.93. The highest BCUT2D eigenvalue weighted by molar-refractivity contribution is 5.85. The zero-order chi connectivity index (χ0) is 8.33. The van der Waals surface area contributed by atoms with Crippen LogP contribution in [0.15, 0.2) is 0 Å². The van der Waals surface area contributed by atoms with Crippen LogP contribution < -0.4 is 5.73 Å². The maximum absolute atomic E-state index is 12.2. The zero-order valence-corrected chi connectivity index (χ0v) is 6.97. The first-order chi connectivity index (χ1) is 4.87. The molecular weight excluding hydrogens is 195 g/mol. The third-order valence-corrected chi connectivity index (χ3v) is 2.43. The molecule has 0 atom stereocenters. The van der Waals surface area contributed by atoms with Gasteiger partial charge in [0.25, 0.3) is 0 Å². The van der Waals surface area contributed by atoms with Crippen molar-refractivity contribution in [3.8, 4) is 0 Å². The van der Waals surface area contributed by atoms with Crippen molar-refractivity contribution in [2.24, 2.45) is 5.73 Å². The van der Waals surface area contributed by atoms with Gasteiger partial charge in [0.15, 0.2) is 5.60 Å². The highest BCUT2D eigenvalue weighted by Gasteiger charge is 2.72. The quantitative estimate of drug-likeness (QED) is 0.643. The van der Waals surface area contributed by atoms with Gasteiger partial charge in [0.2, 0.25) is 0 Å². The Hall–Kier alpha value is -0.0000000000000000555. The topological polar surface area (TPSA) is 35.2 Å². The molecule has 2 N–H and O–H groups in total. The molecule has 0 amide bonds. The van der Waals surface area contributed by atoms with E-state index in [2.05, 4.69) is 4.74 Å². The molecule has 0 radical (unpaired) electrons. The van der Waals surface area contributed by atoms with Gasteiger partial charge in [-0.2, -0.15) is 13.2 Å². The summed E-state index contributed by atoms with van der Waals surface area (Å²) >= 11 is 0. The van der Waals surface area contributed by atoms with Gasteiger partial charge < -0.3 is 10.5 Å². The Morgan fingerprint density at radius 3 is 1.92 bits per heavy atom. The first kappa shape index (κ1) is 10.1. The summed E-state index contributed by atoms with van der Waals surface area (Å²) in [6.07, 6.45) is -4.38. The van der Waals surface area contributed by atoms with Crippen LogP contribution in [0.5, 0.6) is 0 Å². The summed E-state index contributed by atoms with van der Waals surface area (Å²) in [6.45, 7) is 0.0481. The van der Waals surface area contributed by atoms with Gasteiger partial charge in [0.1, 0.15) is 0 Å². The lowest BCUT2D eigenvalue weighted by atomic mass is 9.69. The number of nitrogens with two attached hydrogens (primary N) is 1. The molecule has 2 bridgehead atoms. The minimum atomic E-state index is -4.24. The molecule has 0 aromatic rings. The van der Waals surface area contributed by atoms with E-state index in [4.69, 9.17) is 5.73 Å². The van der Waals surface area contributed by atoms with Crippen molar-refractivity contribution in [1.29, 1.82) is 0 Å². The Morgan fingerprint density at radius 2 is 1.75 bits per heavy atom. The lowest BCUT2D eigenvalue weighted by Gasteiger charge is -2.42. The highest BCUT2D eigenvalue weighted by Crippen LogP contribution is 2.57. The molecule has 2 heterocycles. The van der Waals surface area contributed by atoms with E-state index in [-0.39, 0.29) is 31.9 Å². The molecule has 3 fully saturated rings. The number of ether oxygens (including phenoxy) is 1. The van der Waals surface area contributed by atoms with E-state index in [0.717, 1.165) is 0 Å². The van der Waals surface area contributed by atoms with Crippen LogP contribution in [0.25, 0.3) is 0 Å². The molecule has 0 unspecified atom stereocenters. The van der Waals surface area contributed by atoms with E-state index in [0.29, 0.717) is 0 Å². The molecule has 0 aromatic heterocycles. The Bertz CT molecular complexity index is 199. The lowest BCUT2D eigenvalue weighted by Crippen LogP contribution is -2.61. The van der Waals surface area contributed by atoms with Crippen molar-refractivity contribution >= 4 is 12.4 Å². The van der Waals surface area contributed by atoms with Gasteiger partial charge in [-0.1, -0.05) is 0 Å². The first-order valence-electron chi connectivity index (χ1n) is 3.37. The molecule has 3 rings (SSSR count). The minimum Gasteiger partial charge on any atom is -0.363 e. The molecule has 0 spiro atoms. The van der Waals surface area contributed by atoms with Crippen molar-refractivity contribution < 1.29 is 17.9 Å². The molecule has 6 heteroatoms. The number of halogens is 4. The maximum Gasteiger partial charge on any atom is 0.417 e. The average Bonchev–Trinajstić information content (AvgIpc) is 2.16. The van der Waals surface area contributed by atoms with Crippen molar-refractivity contribution in [2.75, 3.05) is 6.61 Å². The fraction of sp³-hybridized carbons (Fsp3) is 1.00. The molecule has 0 aromatic carbocycles. The highest BCUT2D eigenvalue weighted by atomic mass is 35.5. The van der Waals surface area contributed by atoms with Crippen LogP contribution in [0.3, 0.4) is 0 Å². The van der Waals surface area contributed by atoms with E-state index in [9.17, 15) is 13.2 Å². The summed E-state index contributed by atoms with van der Waals surface area (Å²) in [4.78, 5) is 0. The predicted molar refractivity (Wildman–Crippen MR) is 38.1 cm³/mol. The zero-order valence-electron chi connectivity index (χ0n) is 6.15. The van der Waals surface area contributed by atoms with Crippen molar-refractivity contribution in [3.63, 3.8) is 0 Å². The maximum atomic E-state index is 12.2. The normalized spacial score (nSPS) is 45.0. The molecule has 1 saturated carbocycles. The molecule has 2 saturated heterocycles. The number of fused-ring (bicyclic) bond motifs is 1. The van der Waals surface area contributed by atoms with E-state index in [1.807, 2.05) is 0 Å². The minimum absolute atomic E-state index is 0. The summed E-state index contributed by atoms with van der Waals surface area (Å²) < 4.78 is 41.1. The monoisotopic (exact) mass is 203 g/mol. The Labute approximate surface area is 73.7 Å². The number of hydrogen-bond acceptors (Lipinski definition) is 2. The van der Waals surface area contributed by atoms with Gasteiger partial charge in [0.05, 0.1) is 6.61 Å². The number of rotatable bonds is 0. The Kier molecular flexibility index (Phi) is 1.91. The predicted octanol–water partition coefficient (Wildman–Crippen LogP) is 1.23. The van der Waals surface area contributed by atoms with E-state index < -0.39 is 17.3 Å². The molecule has 72 valence electrons. The second-order valence-electron chi connectivity index (χ2n) is 3.50. The van der Waals surface area contributed by atoms with Gasteiger partial charge in [-0.25, -0.2) is 0 Å². The van der Waals surface area contributed by atoms with Gasteiger partial charge in [-0.3, -0.25) is 0 Å². The van der Waals surface area contributed by atoms with Crippen molar-refractivity contribution in [3.05, 3.63) is 0 Å². The third kappa shape index (κ3) is 1.03. The van der Waals surface area contributed by atoms with Crippen LogP contribution >= 0.6 is 12.4 Å². The van der Waals surface area contributed by atoms with E-state index >= 15 is 0 Å². The third-order valence-electron chi connectivity index (χ3n) is 2.43. The van der Waals surface area contributed by atoms with Crippen molar-refractivity contribution in [1.82, 2.24) is 0 Å². The molecule has 12 heavy (non-hydrogen) atoms. The summed E-state index contributed by atoms with van der Waals surface area (Å²) in [6, 6.07) is 0. The fourth-order valence-corrected chi connectivity index (χ4v) is 1.85. The molecule has 1 aliphatic carbocycles. The second-order valence-corrected chi connectivity index (χ2v) is 3.50. The number of hydrogen-bond donors (Lipinski definition) is 1. The van der Waals surface area contributed by atoms with E-state index in [1.165, 1.54) is 0 Å². The molecule has 2 aliphatic heterocycles. The van der Waals surface area contributed by atoms with Crippen LogP contribution in [-0.2, 0) is 4.74 Å². The summed E-state index contributed by atoms with van der Waals surface area (Å²) in [5, 5.41) is 0. The van der Waals surface area contributed by atoms with Crippen LogP contribution in [-0.4, -0.2) is 23.9 Å². The fourth-order valence-electron chi connectivity index (χ4n) is 1.85. The molecule has 2 nitrogen and oxygen atoms in total.